The van der Waals surface area contributed by atoms with E-state index in [-0.39, 0.29) is 17.4 Å². The summed E-state index contributed by atoms with van der Waals surface area (Å²) in [5, 5.41) is 2.67. The molecule has 0 radical (unpaired) electrons. The molecule has 0 bridgehead atoms. The van der Waals surface area contributed by atoms with Gasteiger partial charge in [-0.1, -0.05) is 18.2 Å². The summed E-state index contributed by atoms with van der Waals surface area (Å²) in [6, 6.07) is 18.3. The maximum atomic E-state index is 12.6. The molecule has 0 saturated carbocycles. The molecule has 0 fully saturated rings. The number of ether oxygens (including phenoxy) is 2. The topological polar surface area (TPSA) is 93.7 Å². The number of carbonyl (C=O) groups is 1. The molecule has 0 aliphatic rings. The van der Waals surface area contributed by atoms with E-state index in [0.717, 1.165) is 11.1 Å². The molecule has 0 heterocycles. The predicted molar refractivity (Wildman–Crippen MR) is 120 cm³/mol. The number of hydrogen-bond acceptors (Lipinski definition) is 5. The summed E-state index contributed by atoms with van der Waals surface area (Å²) < 4.78 is 38.5. The molecule has 0 saturated heterocycles. The van der Waals surface area contributed by atoms with Gasteiger partial charge in [0.05, 0.1) is 12.0 Å². The Morgan fingerprint density at radius 2 is 1.52 bits per heavy atom. The summed E-state index contributed by atoms with van der Waals surface area (Å²) in [5.41, 5.74) is 3.03. The molecule has 3 aromatic rings. The van der Waals surface area contributed by atoms with Crippen molar-refractivity contribution in [3.05, 3.63) is 77.9 Å². The number of rotatable bonds is 8. The summed E-state index contributed by atoms with van der Waals surface area (Å²) in [4.78, 5) is 12.3. The van der Waals surface area contributed by atoms with Crippen molar-refractivity contribution in [2.45, 2.75) is 18.7 Å². The van der Waals surface area contributed by atoms with E-state index in [4.69, 9.17) is 9.47 Å². The molecule has 3 rings (SSSR count). The molecule has 0 aromatic heterocycles. The summed E-state index contributed by atoms with van der Waals surface area (Å²) in [5.74, 6) is 0.606. The quantitative estimate of drug-likeness (QED) is 0.549. The van der Waals surface area contributed by atoms with Gasteiger partial charge in [0.2, 0.25) is 0 Å². The van der Waals surface area contributed by atoms with E-state index in [9.17, 15) is 13.2 Å². The molecule has 0 aliphatic carbocycles. The van der Waals surface area contributed by atoms with Crippen molar-refractivity contribution in [3.8, 4) is 11.5 Å². The van der Waals surface area contributed by atoms with E-state index < -0.39 is 10.0 Å². The van der Waals surface area contributed by atoms with E-state index in [2.05, 4.69) is 10.0 Å². The van der Waals surface area contributed by atoms with Crippen LogP contribution in [0, 0.1) is 13.8 Å². The van der Waals surface area contributed by atoms with Crippen molar-refractivity contribution in [1.29, 1.82) is 0 Å². The number of sulfonamides is 1. The van der Waals surface area contributed by atoms with Crippen molar-refractivity contribution in [2.75, 3.05) is 23.8 Å². The number of nitrogens with one attached hydrogen (secondary N) is 2. The molecule has 2 N–H and O–H groups in total. The number of amides is 1. The van der Waals surface area contributed by atoms with Crippen molar-refractivity contribution < 1.29 is 22.7 Å². The first-order chi connectivity index (χ1) is 14.8. The van der Waals surface area contributed by atoms with Crippen molar-refractivity contribution in [1.82, 2.24) is 0 Å². The molecule has 3 aromatic carbocycles. The van der Waals surface area contributed by atoms with Gasteiger partial charge in [-0.25, -0.2) is 8.42 Å². The van der Waals surface area contributed by atoms with Crippen LogP contribution >= 0.6 is 0 Å². The lowest BCUT2D eigenvalue weighted by atomic mass is 10.1. The first-order valence-corrected chi connectivity index (χ1v) is 11.0. The van der Waals surface area contributed by atoms with Gasteiger partial charge in [-0.3, -0.25) is 9.52 Å². The van der Waals surface area contributed by atoms with E-state index in [1.165, 1.54) is 31.4 Å². The molecule has 0 aliphatic heterocycles. The van der Waals surface area contributed by atoms with Crippen LogP contribution in [0.1, 0.15) is 11.1 Å². The van der Waals surface area contributed by atoms with E-state index >= 15 is 0 Å². The fraction of sp³-hybridized carbons (Fsp3) is 0.174. The Hall–Kier alpha value is -3.52. The molecule has 1 amide bonds. The van der Waals surface area contributed by atoms with E-state index in [1.807, 2.05) is 19.9 Å². The van der Waals surface area contributed by atoms with Gasteiger partial charge in [0, 0.05) is 11.4 Å². The van der Waals surface area contributed by atoms with Gasteiger partial charge < -0.3 is 14.8 Å². The fourth-order valence-corrected chi connectivity index (χ4v) is 3.86. The minimum absolute atomic E-state index is 0.0917. The van der Waals surface area contributed by atoms with Crippen molar-refractivity contribution >= 4 is 27.3 Å². The van der Waals surface area contributed by atoms with Crippen LogP contribution in [-0.4, -0.2) is 28.0 Å². The number of hydrogen-bond donors (Lipinski definition) is 2. The molecule has 0 atom stereocenters. The summed E-state index contributed by atoms with van der Waals surface area (Å²) in [6.07, 6.45) is 0. The Bertz CT molecular complexity index is 1170. The molecule has 8 heteroatoms. The van der Waals surface area contributed by atoms with Crippen LogP contribution in [0.5, 0.6) is 11.5 Å². The zero-order chi connectivity index (χ0) is 22.4. The maximum absolute atomic E-state index is 12.6. The summed E-state index contributed by atoms with van der Waals surface area (Å²) in [7, 11) is -2.22. The van der Waals surface area contributed by atoms with Gasteiger partial charge in [-0.2, -0.15) is 0 Å². The highest BCUT2D eigenvalue weighted by molar-refractivity contribution is 7.92. The molecule has 0 spiro atoms. The zero-order valence-electron chi connectivity index (χ0n) is 17.5. The molecular formula is C23H24N2O5S. The molecule has 31 heavy (non-hydrogen) atoms. The number of benzene rings is 3. The molecule has 0 unspecified atom stereocenters. The van der Waals surface area contributed by atoms with Crippen LogP contribution in [0.3, 0.4) is 0 Å². The standard InChI is InChI=1S/C23H24N2O5S/c1-16-8-9-19(14-17(16)2)25-31(27,28)20-12-10-18(11-13-20)24-23(26)15-30-22-7-5-4-6-21(22)29-3/h4-14,25H,15H2,1-3H3,(H,24,26). The Labute approximate surface area is 182 Å². The SMILES string of the molecule is COc1ccccc1OCC(=O)Nc1ccc(S(=O)(=O)Nc2ccc(C)c(C)c2)cc1. The van der Waals surface area contributed by atoms with Gasteiger partial charge >= 0.3 is 0 Å². The van der Waals surface area contributed by atoms with Crippen LogP contribution in [0.25, 0.3) is 0 Å². The summed E-state index contributed by atoms with van der Waals surface area (Å²) in [6.45, 7) is 3.67. The van der Waals surface area contributed by atoms with Crippen LogP contribution in [0.15, 0.2) is 71.6 Å². The minimum Gasteiger partial charge on any atom is -0.493 e. The highest BCUT2D eigenvalue weighted by Gasteiger charge is 2.15. The van der Waals surface area contributed by atoms with Crippen LogP contribution in [-0.2, 0) is 14.8 Å². The normalized spacial score (nSPS) is 10.9. The first kappa shape index (κ1) is 22.2. The highest BCUT2D eigenvalue weighted by atomic mass is 32.2. The number of para-hydroxylation sites is 2. The van der Waals surface area contributed by atoms with Gasteiger partial charge in [0.25, 0.3) is 15.9 Å². The van der Waals surface area contributed by atoms with Crippen LogP contribution in [0.4, 0.5) is 11.4 Å². The minimum atomic E-state index is -3.74. The Balaban J connectivity index is 1.61. The fourth-order valence-electron chi connectivity index (χ4n) is 2.81. The Kier molecular flexibility index (Phi) is 6.81. The Morgan fingerprint density at radius 3 is 2.16 bits per heavy atom. The predicted octanol–water partition coefficient (Wildman–Crippen LogP) is 4.13. The third kappa shape index (κ3) is 5.76. The third-order valence-electron chi connectivity index (χ3n) is 4.64. The van der Waals surface area contributed by atoms with Crippen molar-refractivity contribution in [2.24, 2.45) is 0 Å². The molecule has 162 valence electrons. The van der Waals surface area contributed by atoms with Gasteiger partial charge in [-0.05, 0) is 73.5 Å². The second-order valence-electron chi connectivity index (χ2n) is 6.92. The second kappa shape index (κ2) is 9.53. The van der Waals surface area contributed by atoms with Crippen LogP contribution in [0.2, 0.25) is 0 Å². The lowest BCUT2D eigenvalue weighted by Crippen LogP contribution is -2.20. The number of aryl methyl sites for hydroxylation is 2. The molecule has 7 nitrogen and oxygen atoms in total. The second-order valence-corrected chi connectivity index (χ2v) is 8.60. The van der Waals surface area contributed by atoms with Crippen LogP contribution < -0.4 is 19.5 Å². The van der Waals surface area contributed by atoms with E-state index in [1.54, 1.807) is 36.4 Å². The van der Waals surface area contributed by atoms with Crippen molar-refractivity contribution in [3.63, 3.8) is 0 Å². The molecular weight excluding hydrogens is 416 g/mol. The average Bonchev–Trinajstić information content (AvgIpc) is 2.75. The highest BCUT2D eigenvalue weighted by Crippen LogP contribution is 2.25. The summed E-state index contributed by atoms with van der Waals surface area (Å²) >= 11 is 0. The van der Waals surface area contributed by atoms with Gasteiger partial charge in [0.1, 0.15) is 0 Å². The number of methoxy groups -OCH3 is 1. The maximum Gasteiger partial charge on any atom is 0.262 e. The van der Waals surface area contributed by atoms with Gasteiger partial charge in [0.15, 0.2) is 18.1 Å². The monoisotopic (exact) mass is 440 g/mol. The van der Waals surface area contributed by atoms with E-state index in [0.29, 0.717) is 22.9 Å². The largest absolute Gasteiger partial charge is 0.493 e. The number of carbonyl (C=O) groups excluding carboxylic acids is 1. The van der Waals surface area contributed by atoms with Gasteiger partial charge in [-0.15, -0.1) is 0 Å². The zero-order valence-corrected chi connectivity index (χ0v) is 18.3. The number of anilines is 2. The first-order valence-electron chi connectivity index (χ1n) is 9.54. The lowest BCUT2D eigenvalue weighted by molar-refractivity contribution is -0.118. The lowest BCUT2D eigenvalue weighted by Gasteiger charge is -2.12. The average molecular weight is 441 g/mol. The third-order valence-corrected chi connectivity index (χ3v) is 6.03. The smallest absolute Gasteiger partial charge is 0.262 e. The Morgan fingerprint density at radius 1 is 0.871 bits per heavy atom.